The van der Waals surface area contributed by atoms with Crippen molar-refractivity contribution in [2.45, 2.75) is 32.7 Å². The molecular weight excluding hydrogens is 232 g/mol. The van der Waals surface area contributed by atoms with Crippen LogP contribution >= 0.6 is 0 Å². The van der Waals surface area contributed by atoms with Gasteiger partial charge in [-0.3, -0.25) is 15.0 Å². The third-order valence-corrected chi connectivity index (χ3v) is 2.98. The van der Waals surface area contributed by atoms with Crippen LogP contribution in [0.5, 0.6) is 0 Å². The predicted octanol–water partition coefficient (Wildman–Crippen LogP) is -0.109. The van der Waals surface area contributed by atoms with Crippen molar-refractivity contribution >= 4 is 11.9 Å². The van der Waals surface area contributed by atoms with Crippen LogP contribution in [-0.2, 0) is 4.79 Å². The van der Waals surface area contributed by atoms with E-state index in [1.54, 1.807) is 0 Å². The van der Waals surface area contributed by atoms with Crippen LogP contribution in [0.4, 0.5) is 4.79 Å². The molecule has 0 aromatic heterocycles. The summed E-state index contributed by atoms with van der Waals surface area (Å²) in [6.07, 6.45) is 2.19. The molecule has 0 spiro atoms. The van der Waals surface area contributed by atoms with Crippen molar-refractivity contribution in [3.63, 3.8) is 0 Å². The zero-order chi connectivity index (χ0) is 13.5. The lowest BCUT2D eigenvalue weighted by Gasteiger charge is -2.31. The molecule has 1 aliphatic heterocycles. The van der Waals surface area contributed by atoms with Crippen LogP contribution in [0, 0.1) is 5.92 Å². The van der Waals surface area contributed by atoms with E-state index in [1.165, 1.54) is 0 Å². The number of nitrogens with zero attached hydrogens (tertiary/aromatic N) is 1. The van der Waals surface area contributed by atoms with Gasteiger partial charge in [-0.25, -0.2) is 4.79 Å². The number of amides is 3. The molecule has 1 fully saturated rings. The molecule has 4 N–H and O–H groups in total. The molecule has 1 atom stereocenters. The molecule has 1 unspecified atom stereocenters. The molecule has 0 radical (unpaired) electrons. The molecule has 0 aromatic rings. The predicted molar refractivity (Wildman–Crippen MR) is 70.0 cm³/mol. The van der Waals surface area contributed by atoms with Crippen LogP contribution in [0.3, 0.4) is 0 Å². The van der Waals surface area contributed by atoms with Crippen LogP contribution in [0.2, 0.25) is 0 Å². The van der Waals surface area contributed by atoms with E-state index >= 15 is 0 Å². The van der Waals surface area contributed by atoms with Crippen molar-refractivity contribution in [1.29, 1.82) is 0 Å². The van der Waals surface area contributed by atoms with Crippen molar-refractivity contribution in [2.75, 3.05) is 26.2 Å². The first-order valence-electron chi connectivity index (χ1n) is 6.54. The first-order valence-corrected chi connectivity index (χ1v) is 6.54. The number of nitrogens with two attached hydrogens (primary N) is 1. The molecule has 6 heteroatoms. The molecular formula is C12H24N4O2. The Hall–Kier alpha value is -1.14. The van der Waals surface area contributed by atoms with E-state index in [4.69, 9.17) is 5.73 Å². The average Bonchev–Trinajstić information content (AvgIpc) is 2.27. The number of rotatable bonds is 4. The summed E-state index contributed by atoms with van der Waals surface area (Å²) < 4.78 is 0. The van der Waals surface area contributed by atoms with E-state index in [1.807, 2.05) is 13.8 Å². The van der Waals surface area contributed by atoms with Crippen LogP contribution < -0.4 is 16.4 Å². The Bertz CT molecular complexity index is 294. The standard InChI is InChI=1S/C12H24N4O2/c1-9(2)14-12(18)15-11(17)8-16-5-3-4-10(6-13)7-16/h9-10H,3-8,13H2,1-2H3,(H2,14,15,17,18). The maximum Gasteiger partial charge on any atom is 0.321 e. The highest BCUT2D eigenvalue weighted by Gasteiger charge is 2.21. The van der Waals surface area contributed by atoms with Gasteiger partial charge in [-0.15, -0.1) is 0 Å². The Balaban J connectivity index is 2.29. The molecule has 1 heterocycles. The average molecular weight is 256 g/mol. The van der Waals surface area contributed by atoms with Gasteiger partial charge >= 0.3 is 6.03 Å². The highest BCUT2D eigenvalue weighted by Crippen LogP contribution is 2.14. The minimum atomic E-state index is -0.428. The fraction of sp³-hybridized carbons (Fsp3) is 0.833. The highest BCUT2D eigenvalue weighted by atomic mass is 16.2. The topological polar surface area (TPSA) is 87.5 Å². The Morgan fingerprint density at radius 2 is 2.17 bits per heavy atom. The zero-order valence-corrected chi connectivity index (χ0v) is 11.2. The first-order chi connectivity index (χ1) is 8.51. The molecule has 18 heavy (non-hydrogen) atoms. The number of hydrogen-bond donors (Lipinski definition) is 3. The van der Waals surface area contributed by atoms with Gasteiger partial charge in [0.25, 0.3) is 0 Å². The molecule has 104 valence electrons. The van der Waals surface area contributed by atoms with Crippen molar-refractivity contribution in [1.82, 2.24) is 15.5 Å². The Morgan fingerprint density at radius 1 is 1.44 bits per heavy atom. The molecule has 1 rings (SSSR count). The summed E-state index contributed by atoms with van der Waals surface area (Å²) in [5.74, 6) is 0.210. The summed E-state index contributed by atoms with van der Waals surface area (Å²) in [6.45, 7) is 6.36. The van der Waals surface area contributed by atoms with E-state index < -0.39 is 6.03 Å². The number of likely N-dealkylation sites (tertiary alicyclic amines) is 1. The minimum absolute atomic E-state index is 0.0226. The summed E-state index contributed by atoms with van der Waals surface area (Å²) in [5, 5.41) is 4.95. The Morgan fingerprint density at radius 3 is 2.78 bits per heavy atom. The van der Waals surface area contributed by atoms with Crippen molar-refractivity contribution < 1.29 is 9.59 Å². The Labute approximate surface area is 108 Å². The molecule has 0 saturated carbocycles. The van der Waals surface area contributed by atoms with Gasteiger partial charge in [-0.2, -0.15) is 0 Å². The van der Waals surface area contributed by atoms with E-state index in [-0.39, 0.29) is 18.5 Å². The second-order valence-corrected chi connectivity index (χ2v) is 5.16. The number of piperidine rings is 1. The minimum Gasteiger partial charge on any atom is -0.336 e. The summed E-state index contributed by atoms with van der Waals surface area (Å²) in [6, 6.07) is -0.406. The lowest BCUT2D eigenvalue weighted by Crippen LogP contribution is -2.48. The highest BCUT2D eigenvalue weighted by molar-refractivity contribution is 5.95. The van der Waals surface area contributed by atoms with E-state index in [0.29, 0.717) is 12.5 Å². The van der Waals surface area contributed by atoms with Gasteiger partial charge in [0.15, 0.2) is 0 Å². The summed E-state index contributed by atoms with van der Waals surface area (Å²) >= 11 is 0. The van der Waals surface area contributed by atoms with Gasteiger partial charge in [-0.1, -0.05) is 0 Å². The maximum atomic E-state index is 11.7. The summed E-state index contributed by atoms with van der Waals surface area (Å²) in [4.78, 5) is 25.1. The van der Waals surface area contributed by atoms with Crippen LogP contribution in [-0.4, -0.2) is 49.1 Å². The molecule has 6 nitrogen and oxygen atoms in total. The van der Waals surface area contributed by atoms with Crippen molar-refractivity contribution in [3.8, 4) is 0 Å². The van der Waals surface area contributed by atoms with Crippen molar-refractivity contribution in [2.24, 2.45) is 11.7 Å². The number of carbonyl (C=O) groups excluding carboxylic acids is 2. The molecule has 0 aliphatic carbocycles. The lowest BCUT2D eigenvalue weighted by molar-refractivity contribution is -0.121. The SMILES string of the molecule is CC(C)NC(=O)NC(=O)CN1CCCC(CN)C1. The van der Waals surface area contributed by atoms with Crippen molar-refractivity contribution in [3.05, 3.63) is 0 Å². The Kier molecular flexibility index (Phi) is 6.07. The number of urea groups is 1. The van der Waals surface area contributed by atoms with E-state index in [9.17, 15) is 9.59 Å². The number of hydrogen-bond acceptors (Lipinski definition) is 4. The molecule has 3 amide bonds. The van der Waals surface area contributed by atoms with Gasteiger partial charge in [0.05, 0.1) is 6.54 Å². The van der Waals surface area contributed by atoms with Gasteiger partial charge < -0.3 is 11.1 Å². The number of carbonyl (C=O) groups is 2. The molecule has 1 saturated heterocycles. The largest absolute Gasteiger partial charge is 0.336 e. The second kappa shape index (κ2) is 7.33. The fourth-order valence-corrected chi connectivity index (χ4v) is 2.15. The van der Waals surface area contributed by atoms with Crippen LogP contribution in [0.25, 0.3) is 0 Å². The van der Waals surface area contributed by atoms with Gasteiger partial charge in [-0.05, 0) is 45.7 Å². The van der Waals surface area contributed by atoms with E-state index in [0.717, 1.165) is 25.9 Å². The normalized spacial score (nSPS) is 20.8. The third kappa shape index (κ3) is 5.46. The molecule has 0 bridgehead atoms. The third-order valence-electron chi connectivity index (χ3n) is 2.98. The molecule has 0 aromatic carbocycles. The number of imide groups is 1. The zero-order valence-electron chi connectivity index (χ0n) is 11.2. The second-order valence-electron chi connectivity index (χ2n) is 5.16. The van der Waals surface area contributed by atoms with Gasteiger partial charge in [0.2, 0.25) is 5.91 Å². The quantitative estimate of drug-likeness (QED) is 0.655. The first kappa shape index (κ1) is 14.9. The van der Waals surface area contributed by atoms with Gasteiger partial charge in [0, 0.05) is 12.6 Å². The fourth-order valence-electron chi connectivity index (χ4n) is 2.15. The summed E-state index contributed by atoms with van der Waals surface area (Å²) in [5.41, 5.74) is 5.64. The van der Waals surface area contributed by atoms with Crippen LogP contribution in [0.1, 0.15) is 26.7 Å². The smallest absolute Gasteiger partial charge is 0.321 e. The molecule has 1 aliphatic rings. The van der Waals surface area contributed by atoms with E-state index in [2.05, 4.69) is 15.5 Å². The van der Waals surface area contributed by atoms with Gasteiger partial charge in [0.1, 0.15) is 0 Å². The lowest BCUT2D eigenvalue weighted by atomic mass is 9.98. The monoisotopic (exact) mass is 256 g/mol. The van der Waals surface area contributed by atoms with Crippen LogP contribution in [0.15, 0.2) is 0 Å². The summed E-state index contributed by atoms with van der Waals surface area (Å²) in [7, 11) is 0. The maximum absolute atomic E-state index is 11.7. The number of nitrogens with one attached hydrogen (secondary N) is 2.